The van der Waals surface area contributed by atoms with Crippen molar-refractivity contribution >= 4 is 46.4 Å². The van der Waals surface area contributed by atoms with Gasteiger partial charge in [0.25, 0.3) is 0 Å². The van der Waals surface area contributed by atoms with Crippen LogP contribution in [0.3, 0.4) is 0 Å². The summed E-state index contributed by atoms with van der Waals surface area (Å²) in [4.78, 5) is 36.8. The molecule has 0 atom stereocenters. The monoisotopic (exact) mass is 667 g/mol. The van der Waals surface area contributed by atoms with Crippen molar-refractivity contribution in [2.24, 2.45) is 10.2 Å². The van der Waals surface area contributed by atoms with Crippen LogP contribution in [-0.2, 0) is 20.9 Å². The number of esters is 1. The first-order chi connectivity index (χ1) is 18.7. The third-order valence-corrected chi connectivity index (χ3v) is 12.0. The average Bonchev–Trinajstić information content (AvgIpc) is 2.84. The number of nitrogens with one attached hydrogen (secondary N) is 3. The van der Waals surface area contributed by atoms with Crippen molar-refractivity contribution in [2.45, 2.75) is 74.4 Å². The Morgan fingerprint density at radius 1 is 1.00 bits per heavy atom. The molecule has 1 aromatic rings. The summed E-state index contributed by atoms with van der Waals surface area (Å²) in [6.45, 7) is 17.4. The Kier molecular flexibility index (Phi) is 15.8. The van der Waals surface area contributed by atoms with Crippen LogP contribution in [0.25, 0.3) is 0 Å². The van der Waals surface area contributed by atoms with Crippen molar-refractivity contribution in [3.05, 3.63) is 29.3 Å². The van der Waals surface area contributed by atoms with E-state index in [1.807, 2.05) is 26.8 Å². The summed E-state index contributed by atoms with van der Waals surface area (Å²) in [5, 5.41) is 11.2. The number of amides is 1. The van der Waals surface area contributed by atoms with Crippen LogP contribution in [0.15, 0.2) is 28.4 Å². The molecule has 226 valence electrons. The van der Waals surface area contributed by atoms with Gasteiger partial charge < -0.3 is 4.74 Å². The van der Waals surface area contributed by atoms with Crippen LogP contribution in [0.5, 0.6) is 0 Å². The van der Waals surface area contributed by atoms with Crippen LogP contribution in [0.2, 0.25) is 14.8 Å². The van der Waals surface area contributed by atoms with Crippen LogP contribution in [0.1, 0.15) is 58.6 Å². The van der Waals surface area contributed by atoms with Crippen LogP contribution in [0.4, 0.5) is 0 Å². The van der Waals surface area contributed by atoms with E-state index in [4.69, 9.17) is 4.74 Å². The summed E-state index contributed by atoms with van der Waals surface area (Å²) in [7, 11) is 1.73. The molecule has 0 heterocycles. The van der Waals surface area contributed by atoms with Gasteiger partial charge in [-0.05, 0) is 20.8 Å². The van der Waals surface area contributed by atoms with Crippen LogP contribution >= 0.6 is 0 Å². The zero-order chi connectivity index (χ0) is 30.3. The number of nitrogens with zero attached hydrogens (tertiary/aromatic N) is 4. The molecule has 0 saturated heterocycles. The number of carbonyl (C=O) groups excluding carboxylic acids is 2. The summed E-state index contributed by atoms with van der Waals surface area (Å²) in [5.74, 6) is 0.334. The summed E-state index contributed by atoms with van der Waals surface area (Å²) >= 11 is -2.47. The van der Waals surface area contributed by atoms with Gasteiger partial charge in [0.15, 0.2) is 0 Å². The molecule has 1 rings (SSSR count). The van der Waals surface area contributed by atoms with E-state index in [0.29, 0.717) is 32.0 Å². The number of hydrogen-bond donors (Lipinski definition) is 3. The normalized spacial score (nSPS) is 12.4. The first-order valence-corrected chi connectivity index (χ1v) is 24.3. The Bertz CT molecular complexity index is 987. The molecule has 0 aromatic heterocycles. The number of hydrazone groups is 2. The summed E-state index contributed by atoms with van der Waals surface area (Å²) in [6.07, 6.45) is 1.88. The van der Waals surface area contributed by atoms with Crippen LogP contribution in [0, 0.1) is 0 Å². The van der Waals surface area contributed by atoms with Gasteiger partial charge in [0.05, 0.1) is 0 Å². The molecule has 0 bridgehead atoms. The van der Waals surface area contributed by atoms with Crippen LogP contribution in [-0.4, -0.2) is 105 Å². The zero-order valence-corrected chi connectivity index (χ0v) is 29.2. The molecular weight excluding hydrogens is 613 g/mol. The van der Waals surface area contributed by atoms with Gasteiger partial charge in [0.2, 0.25) is 0 Å². The number of ether oxygens (including phenoxy) is 1. The Morgan fingerprint density at radius 3 is 2.10 bits per heavy atom. The fourth-order valence-electron chi connectivity index (χ4n) is 4.42. The van der Waals surface area contributed by atoms with Gasteiger partial charge in [-0.15, -0.1) is 0 Å². The first-order valence-electron chi connectivity index (χ1n) is 14.3. The van der Waals surface area contributed by atoms with Gasteiger partial charge in [-0.25, -0.2) is 0 Å². The fourth-order valence-corrected chi connectivity index (χ4v) is 9.30. The molecule has 1 amide bonds. The van der Waals surface area contributed by atoms with Crippen molar-refractivity contribution < 1.29 is 14.3 Å². The number of carbonyl (C=O) groups is 2. The first kappa shape index (κ1) is 35.8. The van der Waals surface area contributed by atoms with Gasteiger partial charge in [0.1, 0.15) is 5.60 Å². The standard InChI is InChI=1S/C26H44N7O3.3CH3.Sn/c1-8-13-32(15-16-33(14-9-2)20-24(35)36-26(3,4)5)19-23(34)29-18-21-11-10-12-22(17-21)25(30-27-6)31-28-7;;;;/h10,12,17,28H,6,8-9,13-16,18-20H2,1-5,7H3,(H,29,34)(H,30,31);3*1H3;. The Labute approximate surface area is 246 Å². The van der Waals surface area contributed by atoms with E-state index in [1.54, 1.807) is 7.05 Å². The van der Waals surface area contributed by atoms with Gasteiger partial charge in [-0.3, -0.25) is 4.79 Å². The quantitative estimate of drug-likeness (QED) is 0.0772. The van der Waals surface area contributed by atoms with Crippen LogP contribution < -0.4 is 19.7 Å². The molecule has 0 saturated carbocycles. The number of rotatable bonds is 17. The molecule has 0 aliphatic heterocycles. The zero-order valence-electron chi connectivity index (χ0n) is 26.3. The van der Waals surface area contributed by atoms with Crippen molar-refractivity contribution in [3.63, 3.8) is 0 Å². The molecule has 3 N–H and O–H groups in total. The molecule has 40 heavy (non-hydrogen) atoms. The predicted molar refractivity (Wildman–Crippen MR) is 169 cm³/mol. The SMILES string of the molecule is C=NN/C(=N\NC)c1cc[c]([Sn]([CH3])([CH3])[CH3])c(CNC(=O)CN(CCC)CCN(CCC)CC(=O)OC(C)(C)C)c1. The maximum atomic E-state index is 13.1. The second-order valence-electron chi connectivity index (χ2n) is 12.0. The summed E-state index contributed by atoms with van der Waals surface area (Å²) < 4.78 is 6.87. The van der Waals surface area contributed by atoms with E-state index >= 15 is 0 Å². The van der Waals surface area contributed by atoms with Crippen molar-refractivity contribution in [2.75, 3.05) is 46.3 Å². The van der Waals surface area contributed by atoms with Crippen molar-refractivity contribution in [1.82, 2.24) is 26.0 Å². The molecule has 10 nitrogen and oxygen atoms in total. The third kappa shape index (κ3) is 13.9. The molecule has 1 aromatic carbocycles. The van der Waals surface area contributed by atoms with E-state index in [1.165, 1.54) is 3.58 Å². The summed E-state index contributed by atoms with van der Waals surface area (Å²) in [5.41, 5.74) is 7.11. The van der Waals surface area contributed by atoms with Gasteiger partial charge in [0, 0.05) is 0 Å². The van der Waals surface area contributed by atoms with Crippen molar-refractivity contribution in [3.8, 4) is 0 Å². The molecular formula is C29H53N7O3Sn. The van der Waals surface area contributed by atoms with E-state index in [9.17, 15) is 9.59 Å². The van der Waals surface area contributed by atoms with E-state index < -0.39 is 24.0 Å². The minimum atomic E-state index is -2.47. The second kappa shape index (κ2) is 17.6. The topological polar surface area (TPSA) is 111 Å². The Balaban J connectivity index is 2.93. The molecule has 0 fully saturated rings. The van der Waals surface area contributed by atoms with Gasteiger partial charge in [-0.1, -0.05) is 6.92 Å². The van der Waals surface area contributed by atoms with E-state index in [-0.39, 0.29) is 18.4 Å². The number of amidine groups is 1. The number of hydrogen-bond acceptors (Lipinski definition) is 8. The maximum absolute atomic E-state index is 13.1. The Hall–Kier alpha value is -2.18. The fraction of sp³-hybridized carbons (Fsp3) is 0.655. The number of benzene rings is 1. The Morgan fingerprint density at radius 2 is 1.60 bits per heavy atom. The van der Waals surface area contributed by atoms with Gasteiger partial charge >= 0.3 is 204 Å². The molecule has 0 unspecified atom stereocenters. The molecule has 0 aliphatic carbocycles. The summed E-state index contributed by atoms with van der Waals surface area (Å²) in [6, 6.07) is 6.29. The molecule has 0 spiro atoms. The van der Waals surface area contributed by atoms with E-state index in [0.717, 1.165) is 37.1 Å². The predicted octanol–water partition coefficient (Wildman–Crippen LogP) is 2.70. The second-order valence-corrected chi connectivity index (χ2v) is 26.4. The minimum absolute atomic E-state index is 0.0157. The average molecular weight is 667 g/mol. The third-order valence-electron chi connectivity index (χ3n) is 6.02. The van der Waals surface area contributed by atoms with Crippen molar-refractivity contribution in [1.29, 1.82) is 0 Å². The molecule has 11 heteroatoms. The van der Waals surface area contributed by atoms with Gasteiger partial charge in [-0.2, -0.15) is 0 Å². The molecule has 0 radical (unpaired) electrons. The molecule has 0 aliphatic rings. The van der Waals surface area contributed by atoms with E-state index in [2.05, 4.69) is 83.7 Å².